The van der Waals surface area contributed by atoms with Gasteiger partial charge in [-0.1, -0.05) is 0 Å². The van der Waals surface area contributed by atoms with E-state index < -0.39 is 11.5 Å². The number of carbonyl (C=O) groups is 2. The lowest BCUT2D eigenvalue weighted by Crippen LogP contribution is -2.45. The molecule has 1 atom stereocenters. The summed E-state index contributed by atoms with van der Waals surface area (Å²) in [6, 6.07) is -0.102. The smallest absolute Gasteiger partial charge is 0.329 e. The van der Waals surface area contributed by atoms with E-state index in [1.807, 2.05) is 0 Å². The zero-order valence-corrected chi connectivity index (χ0v) is 8.53. The van der Waals surface area contributed by atoms with Crippen LogP contribution < -0.4 is 11.1 Å². The number of rotatable bonds is 5. The monoisotopic (exact) mass is 212 g/mol. The van der Waals surface area contributed by atoms with Crippen molar-refractivity contribution in [1.29, 1.82) is 0 Å². The highest BCUT2D eigenvalue weighted by molar-refractivity contribution is 5.89. The van der Waals surface area contributed by atoms with E-state index in [9.17, 15) is 9.59 Å². The van der Waals surface area contributed by atoms with Gasteiger partial charge >= 0.3 is 5.97 Å². The molecule has 0 spiro atoms. The molecule has 0 bridgehead atoms. The highest BCUT2D eigenvalue weighted by Crippen LogP contribution is 2.36. The van der Waals surface area contributed by atoms with Gasteiger partial charge < -0.3 is 16.2 Å². The fourth-order valence-electron chi connectivity index (χ4n) is 1.74. The molecule has 5 nitrogen and oxygen atoms in total. The Balaban J connectivity index is 1.79. The Morgan fingerprint density at radius 1 is 1.47 bits per heavy atom. The fraction of sp³-hybridized carbons (Fsp3) is 0.800. The molecular weight excluding hydrogens is 196 g/mol. The van der Waals surface area contributed by atoms with Crippen LogP contribution in [0.25, 0.3) is 0 Å². The lowest BCUT2D eigenvalue weighted by Gasteiger charge is -2.14. The largest absolute Gasteiger partial charge is 0.480 e. The Hall–Kier alpha value is -1.10. The molecule has 0 aliphatic heterocycles. The Labute approximate surface area is 88.0 Å². The van der Waals surface area contributed by atoms with E-state index >= 15 is 0 Å². The van der Waals surface area contributed by atoms with E-state index in [1.165, 1.54) is 0 Å². The maximum Gasteiger partial charge on any atom is 0.329 e. The second kappa shape index (κ2) is 3.48. The number of hydrogen-bond donors (Lipinski definition) is 3. The molecule has 2 aliphatic rings. The number of carbonyl (C=O) groups excluding carboxylic acids is 1. The summed E-state index contributed by atoms with van der Waals surface area (Å²) in [7, 11) is 0. The van der Waals surface area contributed by atoms with Crippen LogP contribution in [0.3, 0.4) is 0 Å². The molecule has 1 amide bonds. The van der Waals surface area contributed by atoms with E-state index in [2.05, 4.69) is 5.32 Å². The van der Waals surface area contributed by atoms with Crippen LogP contribution in [0.2, 0.25) is 0 Å². The quantitative estimate of drug-likeness (QED) is 0.590. The first-order valence-electron chi connectivity index (χ1n) is 5.33. The molecule has 0 aromatic carbocycles. The zero-order chi connectivity index (χ0) is 11.1. The maximum absolute atomic E-state index is 11.5. The Bertz CT molecular complexity index is 295. The van der Waals surface area contributed by atoms with Crippen LogP contribution in [-0.4, -0.2) is 28.6 Å². The van der Waals surface area contributed by atoms with Gasteiger partial charge in [0.15, 0.2) is 0 Å². The van der Waals surface area contributed by atoms with Crippen LogP contribution in [0.5, 0.6) is 0 Å². The Morgan fingerprint density at radius 3 is 2.47 bits per heavy atom. The average Bonchev–Trinajstić information content (AvgIpc) is 2.99. The first-order valence-corrected chi connectivity index (χ1v) is 5.33. The van der Waals surface area contributed by atoms with Gasteiger partial charge in [0.1, 0.15) is 5.54 Å². The van der Waals surface area contributed by atoms with Crippen LogP contribution in [0, 0.1) is 5.92 Å². The second-order valence-electron chi connectivity index (χ2n) is 4.64. The van der Waals surface area contributed by atoms with Crippen molar-refractivity contribution in [2.45, 2.75) is 43.7 Å². The lowest BCUT2D eigenvalue weighted by molar-refractivity contribution is -0.143. The van der Waals surface area contributed by atoms with Gasteiger partial charge in [-0.15, -0.1) is 0 Å². The SMILES string of the molecule is NC(CC(=O)NC1(C(=O)O)CC1)C1CC1. The van der Waals surface area contributed by atoms with Gasteiger partial charge in [-0.25, -0.2) is 4.79 Å². The molecule has 0 saturated heterocycles. The molecule has 15 heavy (non-hydrogen) atoms. The van der Waals surface area contributed by atoms with E-state index in [-0.39, 0.29) is 18.4 Å². The molecule has 5 heteroatoms. The second-order valence-corrected chi connectivity index (χ2v) is 4.64. The van der Waals surface area contributed by atoms with E-state index in [1.54, 1.807) is 0 Å². The molecule has 0 heterocycles. The Kier molecular flexibility index (Phi) is 2.42. The van der Waals surface area contributed by atoms with Gasteiger partial charge in [-0.2, -0.15) is 0 Å². The minimum atomic E-state index is -0.972. The number of hydrogen-bond acceptors (Lipinski definition) is 3. The topological polar surface area (TPSA) is 92.4 Å². The number of nitrogens with two attached hydrogens (primary N) is 1. The highest BCUT2D eigenvalue weighted by atomic mass is 16.4. The summed E-state index contributed by atoms with van der Waals surface area (Å²) >= 11 is 0. The zero-order valence-electron chi connectivity index (χ0n) is 8.53. The summed E-state index contributed by atoms with van der Waals surface area (Å²) in [5.74, 6) is -0.694. The fourth-order valence-corrected chi connectivity index (χ4v) is 1.74. The first-order chi connectivity index (χ1) is 7.03. The summed E-state index contributed by atoms with van der Waals surface area (Å²) in [6.07, 6.45) is 3.51. The van der Waals surface area contributed by atoms with Crippen molar-refractivity contribution in [3.05, 3.63) is 0 Å². The van der Waals surface area contributed by atoms with Crippen molar-refractivity contribution >= 4 is 11.9 Å². The molecular formula is C10H16N2O3. The Morgan fingerprint density at radius 2 is 2.07 bits per heavy atom. The average molecular weight is 212 g/mol. The third kappa shape index (κ3) is 2.28. The van der Waals surface area contributed by atoms with E-state index in [0.717, 1.165) is 12.8 Å². The molecule has 2 saturated carbocycles. The number of carboxylic acid groups (broad SMARTS) is 1. The summed E-state index contributed by atoms with van der Waals surface area (Å²) in [5, 5.41) is 11.4. The molecule has 1 unspecified atom stereocenters. The molecule has 2 fully saturated rings. The van der Waals surface area contributed by atoms with Gasteiger partial charge in [0.05, 0.1) is 0 Å². The molecule has 0 radical (unpaired) electrons. The van der Waals surface area contributed by atoms with Crippen LogP contribution in [0.4, 0.5) is 0 Å². The molecule has 2 aliphatic carbocycles. The molecule has 84 valence electrons. The van der Waals surface area contributed by atoms with Crippen molar-refractivity contribution in [1.82, 2.24) is 5.32 Å². The van der Waals surface area contributed by atoms with Gasteiger partial charge in [0, 0.05) is 12.5 Å². The van der Waals surface area contributed by atoms with Crippen LogP contribution in [0.1, 0.15) is 32.1 Å². The van der Waals surface area contributed by atoms with Crippen molar-refractivity contribution in [2.75, 3.05) is 0 Å². The van der Waals surface area contributed by atoms with E-state index in [4.69, 9.17) is 10.8 Å². The summed E-state index contributed by atoms with van der Waals surface area (Å²) in [4.78, 5) is 22.3. The predicted molar refractivity (Wildman–Crippen MR) is 53.1 cm³/mol. The van der Waals surface area contributed by atoms with Crippen molar-refractivity contribution in [2.24, 2.45) is 11.7 Å². The normalized spacial score (nSPS) is 24.3. The predicted octanol–water partition coefficient (Wildman–Crippen LogP) is -0.153. The van der Waals surface area contributed by atoms with Crippen LogP contribution >= 0.6 is 0 Å². The van der Waals surface area contributed by atoms with Gasteiger partial charge in [-0.05, 0) is 31.6 Å². The minimum Gasteiger partial charge on any atom is -0.480 e. The van der Waals surface area contributed by atoms with Crippen molar-refractivity contribution < 1.29 is 14.7 Å². The molecule has 0 aromatic rings. The lowest BCUT2D eigenvalue weighted by atomic mass is 10.1. The molecule has 2 rings (SSSR count). The number of nitrogens with one attached hydrogen (secondary N) is 1. The number of amides is 1. The summed E-state index contributed by atoms with van der Waals surface area (Å²) in [5.41, 5.74) is 4.82. The highest BCUT2D eigenvalue weighted by Gasteiger charge is 2.51. The summed E-state index contributed by atoms with van der Waals surface area (Å²) in [6.45, 7) is 0. The third-order valence-electron chi connectivity index (χ3n) is 3.19. The van der Waals surface area contributed by atoms with Gasteiger partial charge in [0.2, 0.25) is 5.91 Å². The van der Waals surface area contributed by atoms with Gasteiger partial charge in [0.25, 0.3) is 0 Å². The van der Waals surface area contributed by atoms with Crippen molar-refractivity contribution in [3.63, 3.8) is 0 Å². The molecule has 4 N–H and O–H groups in total. The molecule has 0 aromatic heterocycles. The van der Waals surface area contributed by atoms with Crippen LogP contribution in [0.15, 0.2) is 0 Å². The third-order valence-corrected chi connectivity index (χ3v) is 3.19. The minimum absolute atomic E-state index is 0.102. The van der Waals surface area contributed by atoms with E-state index in [0.29, 0.717) is 18.8 Å². The van der Waals surface area contributed by atoms with Crippen LogP contribution in [-0.2, 0) is 9.59 Å². The van der Waals surface area contributed by atoms with Gasteiger partial charge in [-0.3, -0.25) is 4.79 Å². The maximum atomic E-state index is 11.5. The van der Waals surface area contributed by atoms with Crippen molar-refractivity contribution in [3.8, 4) is 0 Å². The standard InChI is InChI=1S/C10H16N2O3/c11-7(6-1-2-6)5-8(13)12-10(3-4-10)9(14)15/h6-7H,1-5,11H2,(H,12,13)(H,14,15). The first kappa shape index (κ1) is 10.4. The number of aliphatic carboxylic acids is 1. The number of carboxylic acids is 1. The summed E-state index contributed by atoms with van der Waals surface area (Å²) < 4.78 is 0.